The van der Waals surface area contributed by atoms with Crippen molar-refractivity contribution in [3.05, 3.63) is 83.4 Å². The van der Waals surface area contributed by atoms with Gasteiger partial charge in [0, 0.05) is 11.1 Å². The zero-order valence-corrected chi connectivity index (χ0v) is 18.1. The van der Waals surface area contributed by atoms with Crippen molar-refractivity contribution in [1.29, 1.82) is 0 Å². The number of carbonyl (C=O) groups excluding carboxylic acids is 1. The lowest BCUT2D eigenvalue weighted by Crippen LogP contribution is -2.05. The molecule has 0 bridgehead atoms. The Morgan fingerprint density at radius 3 is 2.48 bits per heavy atom. The highest BCUT2D eigenvalue weighted by Gasteiger charge is 2.18. The van der Waals surface area contributed by atoms with E-state index in [1.165, 1.54) is 23.9 Å². The first-order valence-electron chi connectivity index (χ1n) is 9.36. The summed E-state index contributed by atoms with van der Waals surface area (Å²) in [7, 11) is 1.56. The first-order chi connectivity index (χ1) is 15.1. The van der Waals surface area contributed by atoms with Gasteiger partial charge in [-0.1, -0.05) is 53.7 Å². The van der Waals surface area contributed by atoms with Crippen LogP contribution in [0.25, 0.3) is 17.1 Å². The summed E-state index contributed by atoms with van der Waals surface area (Å²) in [6.45, 7) is 0. The fourth-order valence-electron chi connectivity index (χ4n) is 3.03. The molecule has 0 amide bonds. The molecule has 1 heterocycles. The van der Waals surface area contributed by atoms with Crippen LogP contribution in [0.4, 0.5) is 0 Å². The number of aromatic nitrogens is 3. The van der Waals surface area contributed by atoms with E-state index < -0.39 is 0 Å². The van der Waals surface area contributed by atoms with E-state index in [2.05, 4.69) is 10.2 Å². The summed E-state index contributed by atoms with van der Waals surface area (Å²) in [5.74, 6) is 1.42. The monoisotopic (exact) mass is 451 g/mol. The number of methoxy groups -OCH3 is 1. The Hall–Kier alpha value is -3.29. The number of thioether (sulfide) groups is 1. The molecule has 1 aromatic heterocycles. The average molecular weight is 452 g/mol. The van der Waals surface area contributed by atoms with Crippen LogP contribution in [0.1, 0.15) is 10.4 Å². The van der Waals surface area contributed by atoms with Gasteiger partial charge in [-0.25, -0.2) is 0 Å². The van der Waals surface area contributed by atoms with Gasteiger partial charge in [0.1, 0.15) is 11.5 Å². The molecule has 0 fully saturated rings. The minimum Gasteiger partial charge on any atom is -0.508 e. The number of ether oxygens (including phenoxy) is 1. The van der Waals surface area contributed by atoms with Crippen molar-refractivity contribution in [3.8, 4) is 28.6 Å². The molecule has 4 aromatic rings. The van der Waals surface area contributed by atoms with Gasteiger partial charge in [0.25, 0.3) is 0 Å². The summed E-state index contributed by atoms with van der Waals surface area (Å²) in [6.07, 6.45) is 0. The molecule has 0 atom stereocenters. The normalized spacial score (nSPS) is 10.8. The fraction of sp³-hybridized carbons (Fsp3) is 0.0870. The number of halogens is 1. The van der Waals surface area contributed by atoms with Crippen molar-refractivity contribution in [2.75, 3.05) is 12.9 Å². The number of carbonyl (C=O) groups is 1. The van der Waals surface area contributed by atoms with Crippen LogP contribution in [0.2, 0.25) is 5.02 Å². The predicted octanol–water partition coefficient (Wildman–Crippen LogP) is 5.28. The van der Waals surface area contributed by atoms with E-state index in [4.69, 9.17) is 16.3 Å². The van der Waals surface area contributed by atoms with E-state index in [9.17, 15) is 9.90 Å². The molecule has 0 aliphatic carbocycles. The molecule has 3 aromatic carbocycles. The molecule has 6 nitrogen and oxygen atoms in total. The SMILES string of the molecule is COc1ccc(-n2c(SCC(=O)c3ccc(O)cc3)nnc2-c2ccccc2)cc1Cl. The summed E-state index contributed by atoms with van der Waals surface area (Å²) >= 11 is 7.64. The Morgan fingerprint density at radius 1 is 1.06 bits per heavy atom. The van der Waals surface area contributed by atoms with Gasteiger partial charge in [0.15, 0.2) is 16.8 Å². The summed E-state index contributed by atoms with van der Waals surface area (Å²) in [5, 5.41) is 19.1. The van der Waals surface area contributed by atoms with Crippen molar-refractivity contribution < 1.29 is 14.6 Å². The number of nitrogens with zero attached hydrogens (tertiary/aromatic N) is 3. The Morgan fingerprint density at radius 2 is 1.81 bits per heavy atom. The van der Waals surface area contributed by atoms with Crippen LogP contribution in [0.15, 0.2) is 78.0 Å². The van der Waals surface area contributed by atoms with Crippen LogP contribution in [-0.4, -0.2) is 38.5 Å². The topological polar surface area (TPSA) is 77.2 Å². The molecule has 0 radical (unpaired) electrons. The van der Waals surface area contributed by atoms with Crippen LogP contribution in [0.5, 0.6) is 11.5 Å². The van der Waals surface area contributed by atoms with Crippen LogP contribution in [0, 0.1) is 0 Å². The molecule has 0 spiro atoms. The van der Waals surface area contributed by atoms with Crippen LogP contribution >= 0.6 is 23.4 Å². The van der Waals surface area contributed by atoms with Gasteiger partial charge in [0.2, 0.25) is 0 Å². The fourth-order valence-corrected chi connectivity index (χ4v) is 4.12. The molecule has 0 aliphatic heterocycles. The van der Waals surface area contributed by atoms with Gasteiger partial charge in [0.05, 0.1) is 23.6 Å². The Labute approximate surface area is 188 Å². The third-order valence-corrected chi connectivity index (χ3v) is 5.80. The second-order valence-electron chi connectivity index (χ2n) is 6.59. The second kappa shape index (κ2) is 9.24. The van der Waals surface area contributed by atoms with Gasteiger partial charge >= 0.3 is 0 Å². The number of benzene rings is 3. The molecule has 0 saturated carbocycles. The van der Waals surface area contributed by atoms with Crippen LogP contribution < -0.4 is 4.74 Å². The number of phenols is 1. The average Bonchev–Trinajstić information content (AvgIpc) is 3.22. The summed E-state index contributed by atoms with van der Waals surface area (Å²) in [4.78, 5) is 12.6. The maximum atomic E-state index is 12.6. The number of Topliss-reactive ketones (excluding diaryl/α,β-unsaturated/α-hetero) is 1. The predicted molar refractivity (Wildman–Crippen MR) is 122 cm³/mol. The number of phenolic OH excluding ortho intramolecular Hbond substituents is 1. The third-order valence-electron chi connectivity index (χ3n) is 4.58. The zero-order valence-electron chi connectivity index (χ0n) is 16.5. The number of hydrogen-bond donors (Lipinski definition) is 1. The number of rotatable bonds is 7. The van der Waals surface area contributed by atoms with Crippen LogP contribution in [0.3, 0.4) is 0 Å². The Bertz CT molecular complexity index is 1210. The van der Waals surface area contributed by atoms with Crippen molar-refractivity contribution in [2.24, 2.45) is 0 Å². The van der Waals surface area contributed by atoms with Crippen LogP contribution in [-0.2, 0) is 0 Å². The maximum absolute atomic E-state index is 12.6. The molecule has 4 rings (SSSR count). The summed E-state index contributed by atoms with van der Waals surface area (Å²) < 4.78 is 7.13. The second-order valence-corrected chi connectivity index (χ2v) is 7.93. The minimum absolute atomic E-state index is 0.0754. The number of aromatic hydroxyl groups is 1. The van der Waals surface area contributed by atoms with Gasteiger partial charge in [-0.15, -0.1) is 10.2 Å². The molecular weight excluding hydrogens is 434 g/mol. The molecule has 31 heavy (non-hydrogen) atoms. The van der Waals surface area contributed by atoms with Crippen molar-refractivity contribution >= 4 is 29.1 Å². The number of hydrogen-bond acceptors (Lipinski definition) is 6. The molecule has 8 heteroatoms. The highest BCUT2D eigenvalue weighted by molar-refractivity contribution is 7.99. The highest BCUT2D eigenvalue weighted by atomic mass is 35.5. The molecule has 0 unspecified atom stereocenters. The van der Waals surface area contributed by atoms with E-state index in [-0.39, 0.29) is 17.3 Å². The quantitative estimate of drug-likeness (QED) is 0.304. The highest BCUT2D eigenvalue weighted by Crippen LogP contribution is 2.32. The lowest BCUT2D eigenvalue weighted by Gasteiger charge is -2.12. The van der Waals surface area contributed by atoms with E-state index >= 15 is 0 Å². The molecular formula is C23H18ClN3O3S. The number of ketones is 1. The zero-order chi connectivity index (χ0) is 21.8. The van der Waals surface area contributed by atoms with E-state index in [0.29, 0.717) is 27.3 Å². The summed E-state index contributed by atoms with van der Waals surface area (Å²) in [5.41, 5.74) is 2.17. The van der Waals surface area contributed by atoms with Gasteiger partial charge in [-0.2, -0.15) is 0 Å². The van der Waals surface area contributed by atoms with Gasteiger partial charge < -0.3 is 9.84 Å². The van der Waals surface area contributed by atoms with E-state index in [0.717, 1.165) is 11.3 Å². The van der Waals surface area contributed by atoms with Crippen molar-refractivity contribution in [1.82, 2.24) is 14.8 Å². The third kappa shape index (κ3) is 4.57. The Balaban J connectivity index is 1.69. The molecule has 0 saturated heterocycles. The van der Waals surface area contributed by atoms with E-state index in [1.54, 1.807) is 31.4 Å². The van der Waals surface area contributed by atoms with Crippen molar-refractivity contribution in [2.45, 2.75) is 5.16 Å². The molecule has 156 valence electrons. The largest absolute Gasteiger partial charge is 0.508 e. The molecule has 1 N–H and O–H groups in total. The van der Waals surface area contributed by atoms with Crippen molar-refractivity contribution in [3.63, 3.8) is 0 Å². The lowest BCUT2D eigenvalue weighted by molar-refractivity contribution is 0.102. The smallest absolute Gasteiger partial charge is 0.196 e. The summed E-state index contributed by atoms with van der Waals surface area (Å²) in [6, 6.07) is 21.3. The maximum Gasteiger partial charge on any atom is 0.196 e. The lowest BCUT2D eigenvalue weighted by atomic mass is 10.1. The van der Waals surface area contributed by atoms with Gasteiger partial charge in [-0.3, -0.25) is 9.36 Å². The van der Waals surface area contributed by atoms with Gasteiger partial charge in [-0.05, 0) is 42.5 Å². The molecule has 0 aliphatic rings. The standard InChI is InChI=1S/C23H18ClN3O3S/c1-30-21-12-9-17(13-19(21)24)27-22(16-5-3-2-4-6-16)25-26-23(27)31-14-20(29)15-7-10-18(28)11-8-15/h2-13,28H,14H2,1H3. The minimum atomic E-state index is -0.0754. The first-order valence-corrected chi connectivity index (χ1v) is 10.7. The first kappa shape index (κ1) is 21.0. The Kier molecular flexibility index (Phi) is 6.25. The van der Waals surface area contributed by atoms with E-state index in [1.807, 2.05) is 41.0 Å².